The minimum Gasteiger partial charge on any atom is -0.354 e. The van der Waals surface area contributed by atoms with Crippen LogP contribution in [-0.2, 0) is 0 Å². The van der Waals surface area contributed by atoms with Crippen molar-refractivity contribution in [3.05, 3.63) is 10.9 Å². The summed E-state index contributed by atoms with van der Waals surface area (Å²) in [6.07, 6.45) is 0.800. The minimum atomic E-state index is -0.0370. The zero-order chi connectivity index (χ0) is 13.1. The van der Waals surface area contributed by atoms with E-state index in [1.165, 1.54) is 11.3 Å². The SMILES string of the molecule is CN(C)c1nc2sc(C(=O)NCCCN)cc2s1.Cl.Cl. The normalized spacial score (nSPS) is 9.75. The van der Waals surface area contributed by atoms with E-state index < -0.39 is 0 Å². The quantitative estimate of drug-likeness (QED) is 0.806. The Morgan fingerprint density at radius 2 is 2.10 bits per heavy atom. The van der Waals surface area contributed by atoms with Gasteiger partial charge in [0.25, 0.3) is 5.91 Å². The molecule has 1 amide bonds. The second kappa shape index (κ2) is 8.63. The molecule has 9 heteroatoms. The third kappa shape index (κ3) is 4.46. The van der Waals surface area contributed by atoms with E-state index in [2.05, 4.69) is 10.3 Å². The summed E-state index contributed by atoms with van der Waals surface area (Å²) in [5, 5.41) is 3.81. The van der Waals surface area contributed by atoms with Gasteiger partial charge >= 0.3 is 0 Å². The standard InChI is InChI=1S/C11H16N4OS2.2ClH/c1-15(2)11-14-10-8(18-11)6-7(17-10)9(16)13-5-3-4-12;;/h6H,3-5,12H2,1-2H3,(H,13,16);2*1H. The third-order valence-electron chi connectivity index (χ3n) is 2.35. The Morgan fingerprint density at radius 3 is 2.65 bits per heavy atom. The largest absolute Gasteiger partial charge is 0.354 e. The van der Waals surface area contributed by atoms with Crippen LogP contribution in [0.2, 0.25) is 0 Å². The van der Waals surface area contributed by atoms with Crippen LogP contribution in [0.4, 0.5) is 5.13 Å². The number of aromatic nitrogens is 1. The molecule has 0 bridgehead atoms. The van der Waals surface area contributed by atoms with Gasteiger partial charge in [0.2, 0.25) is 0 Å². The molecule has 2 heterocycles. The first-order chi connectivity index (χ1) is 8.61. The molecule has 0 aliphatic carbocycles. The van der Waals surface area contributed by atoms with Crippen molar-refractivity contribution in [2.75, 3.05) is 32.1 Å². The predicted molar refractivity (Wildman–Crippen MR) is 92.3 cm³/mol. The van der Waals surface area contributed by atoms with E-state index in [0.29, 0.717) is 18.0 Å². The van der Waals surface area contributed by atoms with Crippen LogP contribution in [0.25, 0.3) is 9.53 Å². The van der Waals surface area contributed by atoms with Gasteiger partial charge in [0.15, 0.2) is 5.13 Å². The van der Waals surface area contributed by atoms with Gasteiger partial charge < -0.3 is 16.0 Å². The fourth-order valence-electron chi connectivity index (χ4n) is 1.42. The molecule has 0 fully saturated rings. The summed E-state index contributed by atoms with van der Waals surface area (Å²) in [7, 11) is 3.92. The van der Waals surface area contributed by atoms with Crippen LogP contribution in [-0.4, -0.2) is 38.1 Å². The number of nitrogens with two attached hydrogens (primary N) is 1. The predicted octanol–water partition coefficient (Wildman–Crippen LogP) is 2.35. The molecule has 0 aliphatic rings. The van der Waals surface area contributed by atoms with Gasteiger partial charge in [-0.3, -0.25) is 4.79 Å². The first-order valence-electron chi connectivity index (χ1n) is 5.68. The Morgan fingerprint density at radius 1 is 1.40 bits per heavy atom. The summed E-state index contributed by atoms with van der Waals surface area (Å²) in [6, 6.07) is 1.91. The highest BCUT2D eigenvalue weighted by Crippen LogP contribution is 2.33. The monoisotopic (exact) mass is 356 g/mol. The lowest BCUT2D eigenvalue weighted by Crippen LogP contribution is -2.25. The second-order valence-corrected chi connectivity index (χ2v) is 6.11. The van der Waals surface area contributed by atoms with Gasteiger partial charge in [0, 0.05) is 20.6 Å². The van der Waals surface area contributed by atoms with Crippen LogP contribution in [0.15, 0.2) is 6.07 Å². The number of carbonyl (C=O) groups excluding carboxylic acids is 1. The van der Waals surface area contributed by atoms with E-state index in [4.69, 9.17) is 5.73 Å². The Hall–Kier alpha value is -0.600. The van der Waals surface area contributed by atoms with Gasteiger partial charge in [-0.1, -0.05) is 11.3 Å². The summed E-state index contributed by atoms with van der Waals surface area (Å²) in [5.74, 6) is -0.0370. The maximum Gasteiger partial charge on any atom is 0.261 e. The minimum absolute atomic E-state index is 0. The summed E-state index contributed by atoms with van der Waals surface area (Å²) < 4.78 is 1.06. The van der Waals surface area contributed by atoms with Crippen molar-refractivity contribution < 1.29 is 4.79 Å². The molecule has 3 N–H and O–H groups in total. The number of hydrogen-bond donors (Lipinski definition) is 2. The average molecular weight is 357 g/mol. The number of amides is 1. The summed E-state index contributed by atoms with van der Waals surface area (Å²) >= 11 is 3.03. The van der Waals surface area contributed by atoms with Crippen LogP contribution < -0.4 is 16.0 Å². The zero-order valence-corrected chi connectivity index (χ0v) is 14.5. The maximum absolute atomic E-state index is 11.8. The summed E-state index contributed by atoms with van der Waals surface area (Å²) in [4.78, 5) is 19.9. The molecule has 0 saturated carbocycles. The lowest BCUT2D eigenvalue weighted by atomic mass is 10.4. The van der Waals surface area contributed by atoms with Crippen molar-refractivity contribution >= 4 is 68.1 Å². The van der Waals surface area contributed by atoms with E-state index in [9.17, 15) is 4.79 Å². The molecule has 0 aliphatic heterocycles. The lowest BCUT2D eigenvalue weighted by Gasteiger charge is -2.05. The molecule has 0 atom stereocenters. The molecule has 0 spiro atoms. The summed E-state index contributed by atoms with van der Waals surface area (Å²) in [5.41, 5.74) is 5.38. The number of fused-ring (bicyclic) bond motifs is 1. The average Bonchev–Trinajstić information content (AvgIpc) is 2.86. The first-order valence-corrected chi connectivity index (χ1v) is 7.31. The molecule has 114 valence electrons. The number of nitrogens with one attached hydrogen (secondary N) is 1. The number of rotatable bonds is 5. The van der Waals surface area contributed by atoms with Gasteiger partial charge in [-0.2, -0.15) is 0 Å². The van der Waals surface area contributed by atoms with Gasteiger partial charge in [0.1, 0.15) is 4.83 Å². The first kappa shape index (κ1) is 19.4. The molecule has 5 nitrogen and oxygen atoms in total. The highest BCUT2D eigenvalue weighted by molar-refractivity contribution is 7.29. The summed E-state index contributed by atoms with van der Waals surface area (Å²) in [6.45, 7) is 1.21. The molecule has 0 aromatic carbocycles. The van der Waals surface area contributed by atoms with Crippen molar-refractivity contribution in [1.29, 1.82) is 0 Å². The highest BCUT2D eigenvalue weighted by Gasteiger charge is 2.14. The van der Waals surface area contributed by atoms with Gasteiger partial charge in [-0.15, -0.1) is 36.2 Å². The molecule has 0 saturated heterocycles. The lowest BCUT2D eigenvalue weighted by molar-refractivity contribution is 0.0957. The second-order valence-electron chi connectivity index (χ2n) is 4.07. The fourth-order valence-corrected chi connectivity index (χ4v) is 3.47. The van der Waals surface area contributed by atoms with Crippen molar-refractivity contribution in [1.82, 2.24) is 10.3 Å². The molecule has 2 aromatic rings. The van der Waals surface area contributed by atoms with E-state index in [1.807, 2.05) is 25.1 Å². The van der Waals surface area contributed by atoms with Crippen LogP contribution in [0, 0.1) is 0 Å². The maximum atomic E-state index is 11.8. The van der Waals surface area contributed by atoms with Gasteiger partial charge in [0.05, 0.1) is 9.58 Å². The fraction of sp³-hybridized carbons (Fsp3) is 0.455. The molecular weight excluding hydrogens is 339 g/mol. The van der Waals surface area contributed by atoms with Crippen molar-refractivity contribution in [3.8, 4) is 0 Å². The Kier molecular flexibility index (Phi) is 8.38. The highest BCUT2D eigenvalue weighted by atomic mass is 35.5. The molecule has 20 heavy (non-hydrogen) atoms. The van der Waals surface area contributed by atoms with E-state index in [0.717, 1.165) is 21.1 Å². The molecule has 2 aromatic heterocycles. The van der Waals surface area contributed by atoms with E-state index in [-0.39, 0.29) is 30.7 Å². The van der Waals surface area contributed by atoms with E-state index in [1.54, 1.807) is 11.3 Å². The van der Waals surface area contributed by atoms with Crippen molar-refractivity contribution in [2.45, 2.75) is 6.42 Å². The topological polar surface area (TPSA) is 71.2 Å². The molecular formula is C11H18Cl2N4OS2. The van der Waals surface area contributed by atoms with Gasteiger partial charge in [-0.25, -0.2) is 4.98 Å². The third-order valence-corrected chi connectivity index (χ3v) is 4.68. The Balaban J connectivity index is 0.00000180. The van der Waals surface area contributed by atoms with Crippen LogP contribution >= 0.6 is 47.5 Å². The smallest absolute Gasteiger partial charge is 0.261 e. The van der Waals surface area contributed by atoms with E-state index >= 15 is 0 Å². The van der Waals surface area contributed by atoms with Crippen LogP contribution in [0.1, 0.15) is 16.1 Å². The number of nitrogens with zero attached hydrogens (tertiary/aromatic N) is 2. The molecule has 2 rings (SSSR count). The molecule has 0 radical (unpaired) electrons. The van der Waals surface area contributed by atoms with Gasteiger partial charge in [-0.05, 0) is 19.0 Å². The number of thiophene rings is 1. The number of anilines is 1. The number of halogens is 2. The Labute approximate surface area is 138 Å². The number of carbonyl (C=O) groups is 1. The van der Waals surface area contributed by atoms with Crippen molar-refractivity contribution in [2.24, 2.45) is 5.73 Å². The van der Waals surface area contributed by atoms with Crippen LogP contribution in [0.5, 0.6) is 0 Å². The number of thiazole rings is 1. The van der Waals surface area contributed by atoms with Crippen LogP contribution in [0.3, 0.4) is 0 Å². The molecule has 0 unspecified atom stereocenters. The number of hydrogen-bond acceptors (Lipinski definition) is 6. The Bertz CT molecular complexity index is 524. The van der Waals surface area contributed by atoms with Crippen molar-refractivity contribution in [3.63, 3.8) is 0 Å². The zero-order valence-electron chi connectivity index (χ0n) is 11.2.